The number of aromatic nitrogens is 1. The Hall–Kier alpha value is -3.15. The van der Waals surface area contributed by atoms with Crippen LogP contribution in [0, 0.1) is 0 Å². The van der Waals surface area contributed by atoms with E-state index in [1.807, 2.05) is 6.07 Å². The van der Waals surface area contributed by atoms with E-state index >= 15 is 0 Å². The van der Waals surface area contributed by atoms with Crippen LogP contribution >= 0.6 is 0 Å². The van der Waals surface area contributed by atoms with E-state index in [0.29, 0.717) is 31.7 Å². The smallest absolute Gasteiger partial charge is 0.248 e. The average molecular weight is 337 g/mol. The van der Waals surface area contributed by atoms with E-state index in [9.17, 15) is 14.4 Å². The first-order valence-electron chi connectivity index (χ1n) is 8.13. The molecule has 6 heteroatoms. The Bertz CT molecular complexity index is 814. The number of carbonyl (C=O) groups excluding carboxylic acids is 2. The molecule has 1 amide bonds. The molecule has 0 spiro atoms. The van der Waals surface area contributed by atoms with Crippen molar-refractivity contribution in [3.05, 3.63) is 76.7 Å². The van der Waals surface area contributed by atoms with E-state index in [1.54, 1.807) is 41.4 Å². The molecule has 1 fully saturated rings. The van der Waals surface area contributed by atoms with Crippen molar-refractivity contribution >= 4 is 17.4 Å². The highest BCUT2D eigenvalue weighted by Crippen LogP contribution is 2.13. The van der Waals surface area contributed by atoms with Gasteiger partial charge in [0, 0.05) is 50.1 Å². The molecule has 128 valence electrons. The van der Waals surface area contributed by atoms with Gasteiger partial charge in [0.2, 0.25) is 11.5 Å². The van der Waals surface area contributed by atoms with Crippen molar-refractivity contribution in [2.75, 3.05) is 31.1 Å². The quantitative estimate of drug-likeness (QED) is 0.677. The van der Waals surface area contributed by atoms with E-state index in [-0.39, 0.29) is 17.2 Å². The van der Waals surface area contributed by atoms with Crippen molar-refractivity contribution in [2.24, 2.45) is 0 Å². The first-order chi connectivity index (χ1) is 12.1. The SMILES string of the molecule is O=C(/C=C/C(=O)N1CCN(c2ccc(=O)[nH]c2)CC1)c1ccccc1. The van der Waals surface area contributed by atoms with Gasteiger partial charge in [-0.05, 0) is 12.1 Å². The normalized spacial score (nSPS) is 14.7. The number of allylic oxidation sites excluding steroid dienone is 1. The zero-order chi connectivity index (χ0) is 17.6. The van der Waals surface area contributed by atoms with Gasteiger partial charge in [0.05, 0.1) is 5.69 Å². The Balaban J connectivity index is 1.54. The molecule has 1 aromatic heterocycles. The lowest BCUT2D eigenvalue weighted by Gasteiger charge is -2.35. The molecule has 6 nitrogen and oxygen atoms in total. The number of H-pyrrole nitrogens is 1. The van der Waals surface area contributed by atoms with Crippen molar-refractivity contribution in [1.82, 2.24) is 9.88 Å². The fourth-order valence-corrected chi connectivity index (χ4v) is 2.74. The number of nitrogens with one attached hydrogen (secondary N) is 1. The molecule has 1 aliphatic heterocycles. The minimum Gasteiger partial charge on any atom is -0.367 e. The first kappa shape index (κ1) is 16.7. The molecular formula is C19H19N3O3. The van der Waals surface area contributed by atoms with Crippen LogP contribution < -0.4 is 10.5 Å². The van der Waals surface area contributed by atoms with E-state index in [0.717, 1.165) is 5.69 Å². The number of benzene rings is 1. The van der Waals surface area contributed by atoms with Crippen LogP contribution in [0.1, 0.15) is 10.4 Å². The summed E-state index contributed by atoms with van der Waals surface area (Å²) in [4.78, 5) is 41.8. The number of ketones is 1. The highest BCUT2D eigenvalue weighted by molar-refractivity contribution is 6.07. The van der Waals surface area contributed by atoms with Crippen LogP contribution in [0.3, 0.4) is 0 Å². The summed E-state index contributed by atoms with van der Waals surface area (Å²) in [5, 5.41) is 0. The van der Waals surface area contributed by atoms with E-state index in [2.05, 4.69) is 9.88 Å². The molecule has 0 radical (unpaired) electrons. The third-order valence-corrected chi connectivity index (χ3v) is 4.16. The third-order valence-electron chi connectivity index (χ3n) is 4.16. The number of carbonyl (C=O) groups is 2. The summed E-state index contributed by atoms with van der Waals surface area (Å²) in [7, 11) is 0. The maximum atomic E-state index is 12.2. The third kappa shape index (κ3) is 4.23. The standard InChI is InChI=1S/C19H19N3O3/c23-17(15-4-2-1-3-5-15)7-9-19(25)22-12-10-21(11-13-22)16-6-8-18(24)20-14-16/h1-9,14H,10-13H2,(H,20,24)/b9-7+. The van der Waals surface area contributed by atoms with Crippen molar-refractivity contribution in [3.63, 3.8) is 0 Å². The minimum atomic E-state index is -0.180. The fraction of sp³-hybridized carbons (Fsp3) is 0.211. The van der Waals surface area contributed by atoms with Crippen LogP contribution in [-0.2, 0) is 4.79 Å². The highest BCUT2D eigenvalue weighted by Gasteiger charge is 2.20. The minimum absolute atomic E-state index is 0.134. The van der Waals surface area contributed by atoms with Crippen molar-refractivity contribution in [1.29, 1.82) is 0 Å². The highest BCUT2D eigenvalue weighted by atomic mass is 16.2. The lowest BCUT2D eigenvalue weighted by atomic mass is 10.1. The van der Waals surface area contributed by atoms with Gasteiger partial charge in [-0.2, -0.15) is 0 Å². The molecule has 25 heavy (non-hydrogen) atoms. The van der Waals surface area contributed by atoms with Crippen LogP contribution in [0.15, 0.2) is 65.6 Å². The Labute approximate surface area is 145 Å². The van der Waals surface area contributed by atoms with Gasteiger partial charge in [0.25, 0.3) is 0 Å². The summed E-state index contributed by atoms with van der Waals surface area (Å²) in [5.41, 5.74) is 1.36. The maximum Gasteiger partial charge on any atom is 0.248 e. The summed E-state index contributed by atoms with van der Waals surface area (Å²) in [6, 6.07) is 12.1. The molecule has 2 heterocycles. The van der Waals surface area contributed by atoms with Crippen LogP contribution in [0.2, 0.25) is 0 Å². The molecule has 0 aliphatic carbocycles. The van der Waals surface area contributed by atoms with Gasteiger partial charge in [0.15, 0.2) is 5.78 Å². The predicted octanol–water partition coefficient (Wildman–Crippen LogP) is 1.46. The predicted molar refractivity (Wildman–Crippen MR) is 95.8 cm³/mol. The molecule has 1 aromatic carbocycles. The molecule has 0 atom stereocenters. The summed E-state index contributed by atoms with van der Waals surface area (Å²) in [5.74, 6) is -0.341. The molecule has 0 bridgehead atoms. The summed E-state index contributed by atoms with van der Waals surface area (Å²) in [6.07, 6.45) is 4.34. The van der Waals surface area contributed by atoms with Crippen molar-refractivity contribution < 1.29 is 9.59 Å². The monoisotopic (exact) mass is 337 g/mol. The molecule has 0 saturated carbocycles. The van der Waals surface area contributed by atoms with Gasteiger partial charge >= 0.3 is 0 Å². The number of pyridine rings is 1. The number of rotatable bonds is 4. The van der Waals surface area contributed by atoms with E-state index < -0.39 is 0 Å². The van der Waals surface area contributed by atoms with E-state index in [4.69, 9.17) is 0 Å². The lowest BCUT2D eigenvalue weighted by Crippen LogP contribution is -2.48. The Kier molecular flexibility index (Phi) is 5.09. The topological polar surface area (TPSA) is 73.5 Å². The number of anilines is 1. The second kappa shape index (κ2) is 7.61. The largest absolute Gasteiger partial charge is 0.367 e. The summed E-state index contributed by atoms with van der Waals surface area (Å²) < 4.78 is 0. The van der Waals surface area contributed by atoms with Gasteiger partial charge < -0.3 is 14.8 Å². The molecule has 1 aliphatic rings. The molecule has 3 rings (SSSR count). The molecule has 0 unspecified atom stereocenters. The number of amides is 1. The molecule has 1 N–H and O–H groups in total. The number of aromatic amines is 1. The van der Waals surface area contributed by atoms with Gasteiger partial charge in [0.1, 0.15) is 0 Å². The van der Waals surface area contributed by atoms with Crippen LogP contribution in [0.5, 0.6) is 0 Å². The van der Waals surface area contributed by atoms with E-state index in [1.165, 1.54) is 18.2 Å². The van der Waals surface area contributed by atoms with Gasteiger partial charge in [-0.3, -0.25) is 14.4 Å². The summed E-state index contributed by atoms with van der Waals surface area (Å²) >= 11 is 0. The first-order valence-corrected chi connectivity index (χ1v) is 8.13. The van der Waals surface area contributed by atoms with Gasteiger partial charge in [-0.1, -0.05) is 30.3 Å². The molecular weight excluding hydrogens is 318 g/mol. The van der Waals surface area contributed by atoms with Crippen LogP contribution in [0.4, 0.5) is 5.69 Å². The van der Waals surface area contributed by atoms with Crippen molar-refractivity contribution in [2.45, 2.75) is 0 Å². The maximum absolute atomic E-state index is 12.2. The number of hydrogen-bond donors (Lipinski definition) is 1. The van der Waals surface area contributed by atoms with Crippen LogP contribution in [-0.4, -0.2) is 47.8 Å². The Morgan fingerprint density at radius 1 is 0.920 bits per heavy atom. The number of hydrogen-bond acceptors (Lipinski definition) is 4. The second-order valence-electron chi connectivity index (χ2n) is 5.79. The lowest BCUT2D eigenvalue weighted by molar-refractivity contribution is -0.126. The van der Waals surface area contributed by atoms with Crippen molar-refractivity contribution in [3.8, 4) is 0 Å². The van der Waals surface area contributed by atoms with Crippen LogP contribution in [0.25, 0.3) is 0 Å². The zero-order valence-electron chi connectivity index (χ0n) is 13.7. The Morgan fingerprint density at radius 2 is 1.64 bits per heavy atom. The average Bonchev–Trinajstić information content (AvgIpc) is 2.67. The second-order valence-corrected chi connectivity index (χ2v) is 5.79. The number of piperazine rings is 1. The van der Waals surface area contributed by atoms with Gasteiger partial charge in [-0.25, -0.2) is 0 Å². The Morgan fingerprint density at radius 3 is 2.28 bits per heavy atom. The zero-order valence-corrected chi connectivity index (χ0v) is 13.7. The molecule has 2 aromatic rings. The fourth-order valence-electron chi connectivity index (χ4n) is 2.74. The summed E-state index contributed by atoms with van der Waals surface area (Å²) in [6.45, 7) is 2.50. The number of nitrogens with zero attached hydrogens (tertiary/aromatic N) is 2. The molecule has 1 saturated heterocycles. The van der Waals surface area contributed by atoms with Gasteiger partial charge in [-0.15, -0.1) is 0 Å².